The molecule has 6 nitrogen and oxygen atoms in total. The van der Waals surface area contributed by atoms with Crippen LogP contribution in [0.3, 0.4) is 0 Å². The van der Waals surface area contributed by atoms with Gasteiger partial charge in [0.05, 0.1) is 12.6 Å². The summed E-state index contributed by atoms with van der Waals surface area (Å²) >= 11 is 0. The van der Waals surface area contributed by atoms with Gasteiger partial charge in [0.2, 0.25) is 11.8 Å². The van der Waals surface area contributed by atoms with Crippen LogP contribution in [0.1, 0.15) is 45.7 Å². The number of carbonyl (C=O) groups is 2. The molecule has 0 spiro atoms. The summed E-state index contributed by atoms with van der Waals surface area (Å²) in [5, 5.41) is 12.7. The number of pyridine rings is 1. The summed E-state index contributed by atoms with van der Waals surface area (Å²) in [5.74, 6) is 4.80. The molecule has 0 saturated carbocycles. The molecule has 0 radical (unpaired) electrons. The maximum atomic E-state index is 13.0. The fourth-order valence-electron chi connectivity index (χ4n) is 2.51. The fraction of sp³-hybridized carbons (Fsp3) is 0.450. The van der Waals surface area contributed by atoms with Gasteiger partial charge in [-0.2, -0.15) is 0 Å². The number of aromatic nitrogens is 1. The third-order valence-corrected chi connectivity index (χ3v) is 3.57. The molecule has 2 unspecified atom stereocenters. The van der Waals surface area contributed by atoms with Crippen molar-refractivity contribution in [1.29, 1.82) is 0 Å². The van der Waals surface area contributed by atoms with E-state index < -0.39 is 23.5 Å². The molecule has 0 aromatic carbocycles. The average molecular weight is 357 g/mol. The van der Waals surface area contributed by atoms with E-state index in [-0.39, 0.29) is 18.9 Å². The average Bonchev–Trinajstić information content (AvgIpc) is 2.59. The summed E-state index contributed by atoms with van der Waals surface area (Å²) in [7, 11) is 0. The number of carbonyl (C=O) groups excluding carboxylic acids is 2. The van der Waals surface area contributed by atoms with Gasteiger partial charge in [-0.3, -0.25) is 14.6 Å². The zero-order chi connectivity index (χ0) is 19.7. The van der Waals surface area contributed by atoms with E-state index in [1.54, 1.807) is 25.3 Å². The number of hydrogen-bond donors (Lipinski definition) is 2. The first kappa shape index (κ1) is 21.4. The van der Waals surface area contributed by atoms with Gasteiger partial charge in [-0.15, -0.1) is 11.8 Å². The van der Waals surface area contributed by atoms with E-state index in [4.69, 9.17) is 0 Å². The Morgan fingerprint density at radius 2 is 2.15 bits per heavy atom. The molecule has 1 heterocycles. The lowest BCUT2D eigenvalue weighted by molar-refractivity contribution is -0.141. The van der Waals surface area contributed by atoms with Gasteiger partial charge < -0.3 is 15.3 Å². The fourth-order valence-corrected chi connectivity index (χ4v) is 2.51. The van der Waals surface area contributed by atoms with Crippen LogP contribution in [0.25, 0.3) is 0 Å². The smallest absolute Gasteiger partial charge is 0.247 e. The van der Waals surface area contributed by atoms with Crippen LogP contribution in [-0.4, -0.2) is 45.0 Å². The van der Waals surface area contributed by atoms with Crippen molar-refractivity contribution in [3.05, 3.63) is 42.7 Å². The molecule has 26 heavy (non-hydrogen) atoms. The Kier molecular flexibility index (Phi) is 8.01. The summed E-state index contributed by atoms with van der Waals surface area (Å²) in [6.07, 6.45) is 4.51. The maximum absolute atomic E-state index is 13.0. The molecule has 0 fully saturated rings. The van der Waals surface area contributed by atoms with E-state index in [1.807, 2.05) is 20.8 Å². The number of aliphatic hydroxyl groups excluding tert-OH is 1. The second-order valence-corrected chi connectivity index (χ2v) is 6.85. The molecule has 2 atom stereocenters. The first-order valence-corrected chi connectivity index (χ1v) is 8.42. The number of aliphatic hydroxyl groups is 1. The van der Waals surface area contributed by atoms with Crippen LogP contribution in [0.15, 0.2) is 37.2 Å². The van der Waals surface area contributed by atoms with Crippen LogP contribution < -0.4 is 5.32 Å². The zero-order valence-electron chi connectivity index (χ0n) is 15.8. The highest BCUT2D eigenvalue weighted by atomic mass is 16.3. The number of hydrogen-bond acceptors (Lipinski definition) is 4. The van der Waals surface area contributed by atoms with E-state index >= 15 is 0 Å². The van der Waals surface area contributed by atoms with Crippen LogP contribution in [0.2, 0.25) is 0 Å². The van der Waals surface area contributed by atoms with Crippen molar-refractivity contribution in [2.45, 2.75) is 51.7 Å². The molecule has 0 aliphatic carbocycles. The highest BCUT2D eigenvalue weighted by Crippen LogP contribution is 2.25. The van der Waals surface area contributed by atoms with Crippen molar-refractivity contribution in [2.24, 2.45) is 0 Å². The number of nitrogens with zero attached hydrogens (tertiary/aromatic N) is 2. The Balaban J connectivity index is 3.44. The van der Waals surface area contributed by atoms with E-state index in [0.29, 0.717) is 5.56 Å². The third kappa shape index (κ3) is 6.01. The van der Waals surface area contributed by atoms with Gasteiger partial charge in [-0.1, -0.05) is 12.6 Å². The Morgan fingerprint density at radius 1 is 1.46 bits per heavy atom. The van der Waals surface area contributed by atoms with Crippen LogP contribution in [0, 0.1) is 11.8 Å². The molecular weight excluding hydrogens is 330 g/mol. The Bertz CT molecular complexity index is 684. The minimum atomic E-state index is -0.954. The lowest BCUT2D eigenvalue weighted by Crippen LogP contribution is -2.52. The summed E-state index contributed by atoms with van der Waals surface area (Å²) in [4.78, 5) is 31.0. The third-order valence-electron chi connectivity index (χ3n) is 3.57. The molecule has 1 rings (SSSR count). The lowest BCUT2D eigenvalue weighted by atomic mass is 10.0. The monoisotopic (exact) mass is 357 g/mol. The second-order valence-electron chi connectivity index (χ2n) is 6.85. The molecule has 1 aromatic rings. The molecule has 0 aliphatic heterocycles. The predicted octanol–water partition coefficient (Wildman–Crippen LogP) is 1.83. The van der Waals surface area contributed by atoms with Crippen molar-refractivity contribution in [3.8, 4) is 11.8 Å². The van der Waals surface area contributed by atoms with E-state index in [2.05, 4.69) is 28.7 Å². The van der Waals surface area contributed by atoms with E-state index in [0.717, 1.165) is 6.08 Å². The Morgan fingerprint density at radius 3 is 2.62 bits per heavy atom. The molecule has 6 heteroatoms. The quantitative estimate of drug-likeness (QED) is 0.576. The minimum Gasteiger partial charge on any atom is -0.394 e. The van der Waals surface area contributed by atoms with Gasteiger partial charge in [0.1, 0.15) is 6.04 Å². The Labute approximate surface area is 155 Å². The van der Waals surface area contributed by atoms with Gasteiger partial charge >= 0.3 is 0 Å². The Hall–Kier alpha value is -2.65. The molecule has 1 aromatic heterocycles. The molecule has 0 bridgehead atoms. The molecule has 0 aliphatic rings. The highest BCUT2D eigenvalue weighted by Gasteiger charge is 2.36. The summed E-state index contributed by atoms with van der Waals surface area (Å²) in [6.45, 7) is 10.5. The molecule has 2 N–H and O–H groups in total. The van der Waals surface area contributed by atoms with Crippen molar-refractivity contribution in [2.75, 3.05) is 6.61 Å². The minimum absolute atomic E-state index is 0.242. The first-order valence-electron chi connectivity index (χ1n) is 8.42. The predicted molar refractivity (Wildman–Crippen MR) is 101 cm³/mol. The largest absolute Gasteiger partial charge is 0.394 e. The SMILES string of the molecule is C=CC(=O)N(C(CO)CC#CC)C(C(=O)NC(C)(C)C)c1cccnc1. The van der Waals surface area contributed by atoms with Crippen molar-refractivity contribution >= 4 is 11.8 Å². The van der Waals surface area contributed by atoms with E-state index in [9.17, 15) is 14.7 Å². The molecule has 140 valence electrons. The highest BCUT2D eigenvalue weighted by molar-refractivity contribution is 5.93. The van der Waals surface area contributed by atoms with Crippen molar-refractivity contribution in [1.82, 2.24) is 15.2 Å². The zero-order valence-corrected chi connectivity index (χ0v) is 15.8. The molecular formula is C20H27N3O3. The summed E-state index contributed by atoms with van der Waals surface area (Å²) in [6, 6.07) is 1.82. The summed E-state index contributed by atoms with van der Waals surface area (Å²) in [5.41, 5.74) is 0.0608. The normalized spacial score (nSPS) is 13.0. The van der Waals surface area contributed by atoms with Gasteiger partial charge in [0.25, 0.3) is 0 Å². The van der Waals surface area contributed by atoms with Crippen LogP contribution >= 0.6 is 0 Å². The van der Waals surface area contributed by atoms with Gasteiger partial charge in [-0.05, 0) is 39.8 Å². The number of nitrogens with one attached hydrogen (secondary N) is 1. The van der Waals surface area contributed by atoms with Crippen molar-refractivity contribution in [3.63, 3.8) is 0 Å². The van der Waals surface area contributed by atoms with E-state index in [1.165, 1.54) is 11.1 Å². The number of amides is 2. The topological polar surface area (TPSA) is 82.5 Å². The van der Waals surface area contributed by atoms with Crippen molar-refractivity contribution < 1.29 is 14.7 Å². The van der Waals surface area contributed by atoms with Gasteiger partial charge in [-0.25, -0.2) is 0 Å². The molecule has 0 saturated heterocycles. The second kappa shape index (κ2) is 9.73. The number of rotatable bonds is 7. The van der Waals surface area contributed by atoms with Crippen LogP contribution in [-0.2, 0) is 9.59 Å². The van der Waals surface area contributed by atoms with Gasteiger partial charge in [0, 0.05) is 29.9 Å². The standard InChI is InChI=1S/C20H27N3O3/c1-6-8-11-16(14-24)23(17(25)7-2)18(15-10-9-12-21-13-15)19(26)22-20(3,4)5/h7,9-10,12-13,16,18,24H,2,11,14H2,1,3-5H3,(H,22,26). The molecule has 2 amide bonds. The van der Waals surface area contributed by atoms with Gasteiger partial charge in [0.15, 0.2) is 0 Å². The maximum Gasteiger partial charge on any atom is 0.247 e. The van der Waals surface area contributed by atoms with Crippen LogP contribution in [0.4, 0.5) is 0 Å². The summed E-state index contributed by atoms with van der Waals surface area (Å²) < 4.78 is 0. The van der Waals surface area contributed by atoms with Crippen LogP contribution in [0.5, 0.6) is 0 Å². The lowest BCUT2D eigenvalue weighted by Gasteiger charge is -2.37. The first-order chi connectivity index (χ1) is 12.2.